The van der Waals surface area contributed by atoms with Crippen LogP contribution < -0.4 is 15.4 Å². The van der Waals surface area contributed by atoms with Crippen molar-refractivity contribution in [3.63, 3.8) is 0 Å². The minimum absolute atomic E-state index is 0.0191. The van der Waals surface area contributed by atoms with Gasteiger partial charge in [0, 0.05) is 12.6 Å². The third-order valence-electron chi connectivity index (χ3n) is 7.16. The Morgan fingerprint density at radius 1 is 1.02 bits per heavy atom. The van der Waals surface area contributed by atoms with Gasteiger partial charge >= 0.3 is 24.1 Å². The number of halogens is 3. The summed E-state index contributed by atoms with van der Waals surface area (Å²) in [6.07, 6.45) is -4.83. The normalized spacial score (nSPS) is 15.7. The van der Waals surface area contributed by atoms with E-state index in [1.165, 1.54) is 24.0 Å². The van der Waals surface area contributed by atoms with Crippen LogP contribution >= 0.6 is 0 Å². The van der Waals surface area contributed by atoms with Crippen LogP contribution in [0.5, 0.6) is 5.88 Å². The number of carbonyl (C=O) groups excluding carboxylic acids is 4. The highest BCUT2D eigenvalue weighted by Crippen LogP contribution is 2.32. The number of hydrogen-bond acceptors (Lipinski definition) is 8. The Hall–Kier alpha value is -5.41. The zero-order valence-corrected chi connectivity index (χ0v) is 25.1. The number of esters is 1. The van der Waals surface area contributed by atoms with Crippen LogP contribution in [-0.2, 0) is 36.7 Å². The van der Waals surface area contributed by atoms with Crippen LogP contribution in [0.25, 0.3) is 5.69 Å². The van der Waals surface area contributed by atoms with Gasteiger partial charge < -0.3 is 30.1 Å². The maximum atomic E-state index is 13.4. The third kappa shape index (κ3) is 9.31. The first kappa shape index (κ1) is 34.5. The van der Waals surface area contributed by atoms with Crippen LogP contribution in [0.1, 0.15) is 37.4 Å². The summed E-state index contributed by atoms with van der Waals surface area (Å²) in [5.74, 6) is -4.39. The number of likely N-dealkylation sites (tertiary alicyclic amines) is 1. The zero-order chi connectivity index (χ0) is 34.1. The van der Waals surface area contributed by atoms with E-state index in [2.05, 4.69) is 15.7 Å². The molecule has 3 N–H and O–H groups in total. The second kappa shape index (κ2) is 15.2. The highest BCUT2D eigenvalue weighted by atomic mass is 19.4. The Labute approximate surface area is 266 Å². The van der Waals surface area contributed by atoms with E-state index in [1.807, 2.05) is 6.07 Å². The molecule has 1 aromatic heterocycles. The van der Waals surface area contributed by atoms with Crippen molar-refractivity contribution in [1.29, 1.82) is 0 Å². The average Bonchev–Trinajstić information content (AvgIpc) is 3.71. The number of hydrogen-bond donors (Lipinski definition) is 3. The van der Waals surface area contributed by atoms with E-state index in [9.17, 15) is 42.3 Å². The predicted molar refractivity (Wildman–Crippen MR) is 157 cm³/mol. The molecule has 3 aromatic rings. The summed E-state index contributed by atoms with van der Waals surface area (Å²) in [6, 6.07) is 12.7. The van der Waals surface area contributed by atoms with Gasteiger partial charge in [0.25, 0.3) is 0 Å². The molecule has 1 fully saturated rings. The zero-order valence-electron chi connectivity index (χ0n) is 25.1. The van der Waals surface area contributed by atoms with Crippen LogP contribution in [0.2, 0.25) is 0 Å². The number of carboxylic acid groups (broad SMARTS) is 1. The Morgan fingerprint density at radius 3 is 2.32 bits per heavy atom. The molecule has 2 heterocycles. The molecule has 2 aromatic carbocycles. The summed E-state index contributed by atoms with van der Waals surface area (Å²) in [4.78, 5) is 64.3. The lowest BCUT2D eigenvalue weighted by Gasteiger charge is -2.26. The first-order chi connectivity index (χ1) is 22.3. The quantitative estimate of drug-likeness (QED) is 0.234. The molecule has 1 aliphatic rings. The molecule has 2 unspecified atom stereocenters. The smallest absolute Gasteiger partial charge is 0.435 e. The molecule has 1 aliphatic heterocycles. The minimum atomic E-state index is -4.82. The summed E-state index contributed by atoms with van der Waals surface area (Å²) in [5, 5.41) is 17.5. The van der Waals surface area contributed by atoms with Gasteiger partial charge in [0.05, 0.1) is 12.1 Å². The van der Waals surface area contributed by atoms with Gasteiger partial charge in [-0.15, -0.1) is 0 Å². The van der Waals surface area contributed by atoms with Crippen molar-refractivity contribution >= 4 is 29.7 Å². The molecule has 3 amide bonds. The van der Waals surface area contributed by atoms with Gasteiger partial charge in [-0.25, -0.2) is 14.3 Å². The Balaban J connectivity index is 1.36. The number of ether oxygens (including phenoxy) is 2. The lowest BCUT2D eigenvalue weighted by atomic mass is 10.1. The van der Waals surface area contributed by atoms with Gasteiger partial charge in [0.1, 0.15) is 24.7 Å². The number of nitrogens with zero attached hydrogens (tertiary/aromatic N) is 3. The largest absolute Gasteiger partial charge is 0.481 e. The van der Waals surface area contributed by atoms with Crippen molar-refractivity contribution < 1.29 is 51.7 Å². The number of alkyl halides is 3. The first-order valence-electron chi connectivity index (χ1n) is 14.5. The Morgan fingerprint density at radius 2 is 1.68 bits per heavy atom. The number of ketones is 1. The lowest BCUT2D eigenvalue weighted by molar-refractivity contribution is -0.149. The Bertz CT molecular complexity index is 1580. The fraction of sp³-hybridized carbons (Fsp3) is 0.355. The number of nitrogens with one attached hydrogen (secondary N) is 2. The van der Waals surface area contributed by atoms with Crippen molar-refractivity contribution in [3.05, 3.63) is 78.0 Å². The number of benzene rings is 2. The van der Waals surface area contributed by atoms with Gasteiger partial charge in [-0.1, -0.05) is 48.5 Å². The SMILES string of the molecule is CC(NC(=O)N1CCCC1C(=O)OCc1ccccc1)C(=O)N[C@@H](CC(=O)O)C(=O)COc1cc(C(F)(F)F)nn1-c1ccccc1. The molecule has 0 bridgehead atoms. The van der Waals surface area contributed by atoms with Crippen LogP contribution in [-0.4, -0.2) is 80.7 Å². The fourth-order valence-electron chi connectivity index (χ4n) is 4.74. The molecular weight excluding hydrogens is 627 g/mol. The second-order valence-electron chi connectivity index (χ2n) is 10.6. The van der Waals surface area contributed by atoms with E-state index < -0.39 is 78.6 Å². The topological polar surface area (TPSA) is 169 Å². The summed E-state index contributed by atoms with van der Waals surface area (Å²) in [7, 11) is 0. The van der Waals surface area contributed by atoms with Crippen molar-refractivity contribution in [1.82, 2.24) is 25.3 Å². The molecule has 16 heteroatoms. The monoisotopic (exact) mass is 659 g/mol. The number of aromatic nitrogens is 2. The number of Topliss-reactive ketones (excluding diaryl/α,β-unsaturated/α-hetero) is 1. The maximum absolute atomic E-state index is 13.4. The van der Waals surface area contributed by atoms with E-state index in [0.29, 0.717) is 18.9 Å². The molecule has 0 radical (unpaired) electrons. The fourth-order valence-corrected chi connectivity index (χ4v) is 4.74. The Kier molecular flexibility index (Phi) is 11.2. The summed E-state index contributed by atoms with van der Waals surface area (Å²) in [6.45, 7) is 0.626. The third-order valence-corrected chi connectivity index (χ3v) is 7.16. The van der Waals surface area contributed by atoms with Gasteiger partial charge in [-0.3, -0.25) is 14.4 Å². The highest BCUT2D eigenvalue weighted by Gasteiger charge is 2.38. The number of carbonyl (C=O) groups is 5. The molecule has 1 saturated heterocycles. The molecule has 0 spiro atoms. The van der Waals surface area contributed by atoms with Gasteiger partial charge in [0.2, 0.25) is 11.8 Å². The highest BCUT2D eigenvalue weighted by molar-refractivity contribution is 5.95. The molecule has 4 rings (SSSR count). The van der Waals surface area contributed by atoms with E-state index in [1.54, 1.807) is 42.5 Å². The van der Waals surface area contributed by atoms with Crippen molar-refractivity contribution in [2.24, 2.45) is 0 Å². The van der Waals surface area contributed by atoms with E-state index in [0.717, 1.165) is 10.2 Å². The van der Waals surface area contributed by atoms with Crippen LogP contribution in [0.15, 0.2) is 66.7 Å². The predicted octanol–water partition coefficient (Wildman–Crippen LogP) is 3.10. The second-order valence-corrected chi connectivity index (χ2v) is 10.6. The lowest BCUT2D eigenvalue weighted by Crippen LogP contribution is -2.55. The summed E-state index contributed by atoms with van der Waals surface area (Å²) >= 11 is 0. The van der Waals surface area contributed by atoms with Gasteiger partial charge in [0.15, 0.2) is 18.1 Å². The molecule has 0 aliphatic carbocycles. The molecule has 0 saturated carbocycles. The standard InChI is InChI=1S/C31H32F3N5O8/c1-19(35-30(45)38-14-8-13-23(38)29(44)47-17-20-9-4-2-5-10-20)28(43)36-22(15-27(41)42)24(40)18-46-26-16-25(31(32,33)34)37-39(26)21-11-6-3-7-12-21/h2-7,9-12,16,19,22-23H,8,13-15,17-18H2,1H3,(H,35,45)(H,36,43)(H,41,42)/t19?,22-,23?/m0/s1. The molecule has 13 nitrogen and oxygen atoms in total. The number of amides is 3. The van der Waals surface area contributed by atoms with Crippen molar-refractivity contribution in [2.75, 3.05) is 13.2 Å². The van der Waals surface area contributed by atoms with Crippen LogP contribution in [0, 0.1) is 0 Å². The van der Waals surface area contributed by atoms with Gasteiger partial charge in [-0.05, 0) is 37.5 Å². The first-order valence-corrected chi connectivity index (χ1v) is 14.5. The van der Waals surface area contributed by atoms with E-state index in [4.69, 9.17) is 9.47 Å². The molecule has 3 atom stereocenters. The molecule has 250 valence electrons. The van der Waals surface area contributed by atoms with Crippen molar-refractivity contribution in [2.45, 2.75) is 57.1 Å². The van der Waals surface area contributed by atoms with Crippen molar-refractivity contribution in [3.8, 4) is 11.6 Å². The van der Waals surface area contributed by atoms with Crippen LogP contribution in [0.4, 0.5) is 18.0 Å². The van der Waals surface area contributed by atoms with Gasteiger partial charge in [-0.2, -0.15) is 18.3 Å². The molecular formula is C31H32F3N5O8. The average molecular weight is 660 g/mol. The maximum Gasteiger partial charge on any atom is 0.435 e. The molecule has 47 heavy (non-hydrogen) atoms. The van der Waals surface area contributed by atoms with E-state index in [-0.39, 0.29) is 18.8 Å². The van der Waals surface area contributed by atoms with Crippen LogP contribution in [0.3, 0.4) is 0 Å². The minimum Gasteiger partial charge on any atom is -0.481 e. The summed E-state index contributed by atoms with van der Waals surface area (Å²) < 4.78 is 51.6. The van der Waals surface area contributed by atoms with E-state index >= 15 is 0 Å². The number of carboxylic acids is 1. The number of rotatable bonds is 13. The summed E-state index contributed by atoms with van der Waals surface area (Å²) in [5.41, 5.74) is -0.313. The number of urea groups is 1. The number of aliphatic carboxylic acids is 1. The number of para-hydroxylation sites is 1.